The zero-order valence-electron chi connectivity index (χ0n) is 18.1. The van der Waals surface area contributed by atoms with Crippen molar-refractivity contribution in [2.45, 2.75) is 64.8 Å². The maximum Gasteiger partial charge on any atom is 0.193 e. The first-order valence-corrected chi connectivity index (χ1v) is 10.9. The molecule has 0 aromatic heterocycles. The number of nitrogens with one attached hydrogen (secondary N) is 1. The van der Waals surface area contributed by atoms with Crippen LogP contribution < -0.4 is 5.32 Å². The average molecular weight is 492 g/mol. The van der Waals surface area contributed by atoms with Crippen LogP contribution in [0.2, 0.25) is 0 Å². The Morgan fingerprint density at radius 3 is 2.19 bits per heavy atom. The zero-order valence-corrected chi connectivity index (χ0v) is 20.4. The number of hydrogen-bond acceptors (Lipinski definition) is 3. The standard InChI is InChI=1S/C21H41N5.HI/c1-5-22-19(25-16-9-20(2,3)18-25)23-17-21(10-14-24(4)15-11-21)26-12-7-6-8-13-26;/h5-18H2,1-4H3,(H,22,23);1H. The van der Waals surface area contributed by atoms with Crippen LogP contribution in [0, 0.1) is 5.41 Å². The van der Waals surface area contributed by atoms with Crippen LogP contribution in [0.1, 0.15) is 59.3 Å². The summed E-state index contributed by atoms with van der Waals surface area (Å²) < 4.78 is 0. The Labute approximate surface area is 184 Å². The summed E-state index contributed by atoms with van der Waals surface area (Å²) in [5, 5.41) is 3.58. The van der Waals surface area contributed by atoms with Gasteiger partial charge in [0.2, 0.25) is 0 Å². The van der Waals surface area contributed by atoms with Gasteiger partial charge in [-0.1, -0.05) is 20.3 Å². The van der Waals surface area contributed by atoms with Gasteiger partial charge in [0, 0.05) is 25.2 Å². The predicted molar refractivity (Wildman–Crippen MR) is 126 cm³/mol. The average Bonchev–Trinajstić information content (AvgIpc) is 3.01. The molecule has 6 heteroatoms. The summed E-state index contributed by atoms with van der Waals surface area (Å²) in [6.45, 7) is 16.1. The highest BCUT2D eigenvalue weighted by molar-refractivity contribution is 14.0. The Morgan fingerprint density at radius 2 is 1.63 bits per heavy atom. The van der Waals surface area contributed by atoms with E-state index < -0.39 is 0 Å². The van der Waals surface area contributed by atoms with Gasteiger partial charge in [0.1, 0.15) is 0 Å². The first kappa shape index (κ1) is 23.2. The highest BCUT2D eigenvalue weighted by Crippen LogP contribution is 2.32. The maximum absolute atomic E-state index is 5.23. The maximum atomic E-state index is 5.23. The molecule has 5 nitrogen and oxygen atoms in total. The topological polar surface area (TPSA) is 34.1 Å². The number of guanidine groups is 1. The van der Waals surface area contributed by atoms with Crippen molar-refractivity contribution in [3.05, 3.63) is 0 Å². The summed E-state index contributed by atoms with van der Waals surface area (Å²) in [6, 6.07) is 0. The number of aliphatic imine (C=N–C) groups is 1. The number of halogens is 1. The lowest BCUT2D eigenvalue weighted by Crippen LogP contribution is -2.58. The molecular formula is C21H42IN5. The fourth-order valence-electron chi connectivity index (χ4n) is 4.92. The first-order valence-electron chi connectivity index (χ1n) is 10.9. The van der Waals surface area contributed by atoms with E-state index >= 15 is 0 Å². The molecule has 0 aromatic rings. The number of likely N-dealkylation sites (tertiary alicyclic amines) is 3. The van der Waals surface area contributed by atoms with Crippen LogP contribution in [-0.2, 0) is 0 Å². The second-order valence-corrected chi connectivity index (χ2v) is 9.58. The molecule has 0 amide bonds. The molecular weight excluding hydrogens is 449 g/mol. The molecule has 3 aliphatic heterocycles. The van der Waals surface area contributed by atoms with E-state index in [0.29, 0.717) is 5.41 Å². The summed E-state index contributed by atoms with van der Waals surface area (Å²) in [7, 11) is 2.26. The van der Waals surface area contributed by atoms with E-state index in [0.717, 1.165) is 32.1 Å². The highest BCUT2D eigenvalue weighted by atomic mass is 127. The van der Waals surface area contributed by atoms with Gasteiger partial charge in [-0.3, -0.25) is 9.89 Å². The minimum absolute atomic E-state index is 0. The molecule has 1 N–H and O–H groups in total. The lowest BCUT2D eigenvalue weighted by molar-refractivity contribution is 0.0206. The SMILES string of the molecule is CCNC(=NCC1(N2CCCCC2)CCN(C)CC1)N1CCC(C)(C)C1.I. The van der Waals surface area contributed by atoms with Gasteiger partial charge in [0.25, 0.3) is 0 Å². The molecule has 3 aliphatic rings. The predicted octanol–water partition coefficient (Wildman–Crippen LogP) is 3.25. The second-order valence-electron chi connectivity index (χ2n) is 9.58. The van der Waals surface area contributed by atoms with E-state index in [-0.39, 0.29) is 29.5 Å². The molecule has 0 aromatic carbocycles. The fourth-order valence-corrected chi connectivity index (χ4v) is 4.92. The smallest absolute Gasteiger partial charge is 0.193 e. The third-order valence-corrected chi connectivity index (χ3v) is 6.78. The fraction of sp³-hybridized carbons (Fsp3) is 0.952. The van der Waals surface area contributed by atoms with E-state index in [9.17, 15) is 0 Å². The van der Waals surface area contributed by atoms with Crippen molar-refractivity contribution in [2.75, 3.05) is 59.4 Å². The van der Waals surface area contributed by atoms with Gasteiger partial charge in [-0.05, 0) is 77.7 Å². The molecule has 3 fully saturated rings. The van der Waals surface area contributed by atoms with Crippen LogP contribution in [0.5, 0.6) is 0 Å². The van der Waals surface area contributed by atoms with Gasteiger partial charge < -0.3 is 15.1 Å². The van der Waals surface area contributed by atoms with E-state index in [1.165, 1.54) is 64.7 Å². The summed E-state index contributed by atoms with van der Waals surface area (Å²) in [6.07, 6.45) is 7.92. The third-order valence-electron chi connectivity index (χ3n) is 6.78. The van der Waals surface area contributed by atoms with E-state index in [4.69, 9.17) is 4.99 Å². The molecule has 3 saturated heterocycles. The largest absolute Gasteiger partial charge is 0.357 e. The molecule has 0 atom stereocenters. The van der Waals surface area contributed by atoms with Gasteiger partial charge in [-0.25, -0.2) is 0 Å². The van der Waals surface area contributed by atoms with Crippen molar-refractivity contribution in [3.8, 4) is 0 Å². The van der Waals surface area contributed by atoms with Crippen LogP contribution in [0.15, 0.2) is 4.99 Å². The number of rotatable bonds is 4. The number of hydrogen-bond donors (Lipinski definition) is 1. The van der Waals surface area contributed by atoms with E-state index in [1.807, 2.05) is 0 Å². The van der Waals surface area contributed by atoms with Gasteiger partial charge >= 0.3 is 0 Å². The summed E-state index contributed by atoms with van der Waals surface area (Å²) >= 11 is 0. The third kappa shape index (κ3) is 5.95. The van der Waals surface area contributed by atoms with Gasteiger partial charge in [0.05, 0.1) is 6.54 Å². The van der Waals surface area contributed by atoms with Crippen molar-refractivity contribution in [1.82, 2.24) is 20.0 Å². The molecule has 0 radical (unpaired) electrons. The van der Waals surface area contributed by atoms with Crippen LogP contribution in [0.25, 0.3) is 0 Å². The Bertz CT molecular complexity index is 479. The number of nitrogens with zero attached hydrogens (tertiary/aromatic N) is 4. The molecule has 0 unspecified atom stereocenters. The van der Waals surface area contributed by atoms with Crippen molar-refractivity contribution in [2.24, 2.45) is 10.4 Å². The molecule has 0 bridgehead atoms. The quantitative estimate of drug-likeness (QED) is 0.372. The number of piperidine rings is 2. The first-order chi connectivity index (χ1) is 12.4. The summed E-state index contributed by atoms with van der Waals surface area (Å²) in [5.41, 5.74) is 0.692. The molecule has 3 rings (SSSR count). The Kier molecular flexibility index (Phi) is 8.68. The van der Waals surface area contributed by atoms with Gasteiger partial charge in [0.15, 0.2) is 5.96 Å². The molecule has 27 heavy (non-hydrogen) atoms. The van der Waals surface area contributed by atoms with Crippen molar-refractivity contribution >= 4 is 29.9 Å². The normalized spacial score (nSPS) is 26.7. The monoisotopic (exact) mass is 491 g/mol. The van der Waals surface area contributed by atoms with Crippen LogP contribution in [0.3, 0.4) is 0 Å². The second kappa shape index (κ2) is 10.1. The zero-order chi connectivity index (χ0) is 18.6. The van der Waals surface area contributed by atoms with Crippen LogP contribution in [0.4, 0.5) is 0 Å². The summed E-state index contributed by atoms with van der Waals surface area (Å²) in [4.78, 5) is 13.0. The minimum atomic E-state index is 0. The molecule has 3 heterocycles. The highest BCUT2D eigenvalue weighted by Gasteiger charge is 2.40. The van der Waals surface area contributed by atoms with Gasteiger partial charge in [-0.2, -0.15) is 0 Å². The van der Waals surface area contributed by atoms with Crippen molar-refractivity contribution < 1.29 is 0 Å². The lowest BCUT2D eigenvalue weighted by Gasteiger charge is -2.49. The molecule has 0 aliphatic carbocycles. The minimum Gasteiger partial charge on any atom is -0.357 e. The Balaban J connectivity index is 0.00000261. The van der Waals surface area contributed by atoms with E-state index in [2.05, 4.69) is 47.8 Å². The van der Waals surface area contributed by atoms with E-state index in [1.54, 1.807) is 0 Å². The Hall–Kier alpha value is -0.0800. The van der Waals surface area contributed by atoms with Crippen molar-refractivity contribution in [3.63, 3.8) is 0 Å². The summed E-state index contributed by atoms with van der Waals surface area (Å²) in [5.74, 6) is 1.15. The molecule has 0 spiro atoms. The van der Waals surface area contributed by atoms with Crippen LogP contribution >= 0.6 is 24.0 Å². The van der Waals surface area contributed by atoms with Crippen LogP contribution in [-0.4, -0.2) is 85.6 Å². The Morgan fingerprint density at radius 1 is 0.963 bits per heavy atom. The lowest BCUT2D eigenvalue weighted by atomic mass is 9.84. The van der Waals surface area contributed by atoms with Crippen molar-refractivity contribution in [1.29, 1.82) is 0 Å². The van der Waals surface area contributed by atoms with Gasteiger partial charge in [-0.15, -0.1) is 24.0 Å². The molecule has 158 valence electrons. The molecule has 0 saturated carbocycles.